The summed E-state index contributed by atoms with van der Waals surface area (Å²) in [6.07, 6.45) is 4.79. The van der Waals surface area contributed by atoms with Gasteiger partial charge in [0, 0.05) is 38.6 Å². The van der Waals surface area contributed by atoms with Gasteiger partial charge in [-0.3, -0.25) is 9.69 Å². The number of hydrogen-bond donors (Lipinski definition) is 0. The Labute approximate surface area is 195 Å². The summed E-state index contributed by atoms with van der Waals surface area (Å²) in [6.45, 7) is 3.31. The molecule has 34 heavy (non-hydrogen) atoms. The van der Waals surface area contributed by atoms with Crippen molar-refractivity contribution in [2.45, 2.75) is 18.6 Å². The van der Waals surface area contributed by atoms with Crippen LogP contribution in [-0.4, -0.2) is 91.8 Å². The Morgan fingerprint density at radius 3 is 2.85 bits per heavy atom. The number of hydrogen-bond acceptors (Lipinski definition) is 10. The highest BCUT2D eigenvalue weighted by Gasteiger charge is 2.35. The molecule has 2 aliphatic rings. The van der Waals surface area contributed by atoms with Crippen molar-refractivity contribution >= 4 is 5.91 Å². The predicted octanol–water partition coefficient (Wildman–Crippen LogP) is 0.159. The van der Waals surface area contributed by atoms with E-state index >= 15 is 0 Å². The molecule has 0 unspecified atom stereocenters. The van der Waals surface area contributed by atoms with Crippen LogP contribution in [0.2, 0.25) is 0 Å². The monoisotopic (exact) mass is 461 g/mol. The van der Waals surface area contributed by atoms with Crippen molar-refractivity contribution in [3.05, 3.63) is 53.6 Å². The number of fused-ring (bicyclic) bond motifs is 1. The molecular formula is C22H23N9O3. The van der Waals surface area contributed by atoms with Crippen molar-refractivity contribution in [3.8, 4) is 17.8 Å². The van der Waals surface area contributed by atoms with Gasteiger partial charge in [0.15, 0.2) is 0 Å². The molecule has 1 aromatic carbocycles. The van der Waals surface area contributed by atoms with Gasteiger partial charge in [0.05, 0.1) is 37.8 Å². The zero-order chi connectivity index (χ0) is 23.5. The van der Waals surface area contributed by atoms with Gasteiger partial charge in [0.1, 0.15) is 18.1 Å². The molecule has 0 spiro atoms. The Kier molecular flexibility index (Phi) is 6.11. The zero-order valence-electron chi connectivity index (χ0n) is 18.6. The highest BCUT2D eigenvalue weighted by molar-refractivity contribution is 5.78. The molecule has 174 valence electrons. The Morgan fingerprint density at radius 2 is 2.12 bits per heavy atom. The van der Waals surface area contributed by atoms with Gasteiger partial charge in [-0.15, -0.1) is 5.10 Å². The molecule has 0 bridgehead atoms. The van der Waals surface area contributed by atoms with Crippen LogP contribution in [0.3, 0.4) is 0 Å². The summed E-state index contributed by atoms with van der Waals surface area (Å²) in [4.78, 5) is 25.6. The highest BCUT2D eigenvalue weighted by Crippen LogP contribution is 2.30. The van der Waals surface area contributed by atoms with Gasteiger partial charge in [0.2, 0.25) is 5.91 Å². The van der Waals surface area contributed by atoms with Crippen molar-refractivity contribution in [2.24, 2.45) is 0 Å². The lowest BCUT2D eigenvalue weighted by atomic mass is 10.0. The first-order valence-electron chi connectivity index (χ1n) is 10.9. The number of rotatable bonds is 5. The number of piperazine rings is 1. The Morgan fingerprint density at radius 1 is 1.26 bits per heavy atom. The number of aromatic nitrogens is 6. The molecule has 12 nitrogen and oxygen atoms in total. The fourth-order valence-electron chi connectivity index (χ4n) is 4.31. The van der Waals surface area contributed by atoms with E-state index in [4.69, 9.17) is 9.47 Å². The zero-order valence-corrected chi connectivity index (χ0v) is 18.6. The molecule has 0 N–H and O–H groups in total. The van der Waals surface area contributed by atoms with E-state index in [1.807, 2.05) is 17.0 Å². The maximum Gasteiger partial charge on any atom is 0.253 e. The normalized spacial score (nSPS) is 20.4. The summed E-state index contributed by atoms with van der Waals surface area (Å²) in [5, 5.41) is 20.1. The van der Waals surface area contributed by atoms with Gasteiger partial charge in [-0.1, -0.05) is 6.07 Å². The van der Waals surface area contributed by atoms with E-state index in [1.54, 1.807) is 25.6 Å². The van der Waals surface area contributed by atoms with Crippen molar-refractivity contribution in [2.75, 3.05) is 39.9 Å². The third-order valence-electron chi connectivity index (χ3n) is 6.17. The van der Waals surface area contributed by atoms with Crippen LogP contribution >= 0.6 is 0 Å². The molecule has 0 aliphatic carbocycles. The molecule has 12 heteroatoms. The molecular weight excluding hydrogens is 438 g/mol. The van der Waals surface area contributed by atoms with Crippen molar-refractivity contribution < 1.29 is 14.3 Å². The molecule has 0 radical (unpaired) electrons. The van der Waals surface area contributed by atoms with Crippen LogP contribution in [0.1, 0.15) is 22.8 Å². The maximum absolute atomic E-state index is 12.9. The second-order valence-corrected chi connectivity index (χ2v) is 8.20. The average Bonchev–Trinajstić information content (AvgIpc) is 3.43. The molecule has 5 rings (SSSR count). The lowest BCUT2D eigenvalue weighted by molar-refractivity contribution is -0.139. The van der Waals surface area contributed by atoms with E-state index in [0.717, 1.165) is 24.2 Å². The van der Waals surface area contributed by atoms with Crippen molar-refractivity contribution in [3.63, 3.8) is 0 Å². The molecule has 0 saturated carbocycles. The largest absolute Gasteiger partial charge is 0.495 e. The quantitative estimate of drug-likeness (QED) is 0.517. The predicted molar refractivity (Wildman–Crippen MR) is 117 cm³/mol. The summed E-state index contributed by atoms with van der Waals surface area (Å²) in [7, 11) is 1.56. The molecule has 2 fully saturated rings. The standard InChI is InChI=1S/C22H23N9O3/c1-33-19-7-16(2-3-17(19)8-23)20-12-29-4-5-30(11-18(29)13-34-20)21(32)6-15-9-24-22(25-10-15)31-14-26-27-28-31/h2-3,7,9-10,14,18,20H,4-6,11-13H2,1H3/t18-,20+/m0/s1. The number of ether oxygens (including phenoxy) is 2. The number of methoxy groups -OCH3 is 1. The first-order chi connectivity index (χ1) is 16.6. The van der Waals surface area contributed by atoms with E-state index in [0.29, 0.717) is 37.0 Å². The van der Waals surface area contributed by atoms with Gasteiger partial charge in [-0.25, -0.2) is 9.97 Å². The third kappa shape index (κ3) is 4.43. The van der Waals surface area contributed by atoms with Gasteiger partial charge in [-0.2, -0.15) is 9.94 Å². The minimum atomic E-state index is -0.101. The number of benzene rings is 1. The SMILES string of the molecule is COc1cc([C@H]2CN3CCN(C(=O)Cc4cnc(-n5cnnn5)nc4)C[C@H]3CO2)ccc1C#N. The molecule has 1 amide bonds. The average molecular weight is 461 g/mol. The fraction of sp³-hybridized carbons (Fsp3) is 0.409. The number of morpholine rings is 1. The first-order valence-corrected chi connectivity index (χ1v) is 10.9. The van der Waals surface area contributed by atoms with E-state index < -0.39 is 0 Å². The number of carbonyl (C=O) groups is 1. The van der Waals surface area contributed by atoms with Crippen molar-refractivity contribution in [1.82, 2.24) is 40.0 Å². The van der Waals surface area contributed by atoms with Crippen LogP contribution in [-0.2, 0) is 16.0 Å². The number of nitriles is 1. The summed E-state index contributed by atoms with van der Waals surface area (Å²) >= 11 is 0. The molecule has 3 aromatic rings. The van der Waals surface area contributed by atoms with E-state index in [2.05, 4.69) is 36.5 Å². The summed E-state index contributed by atoms with van der Waals surface area (Å²) in [6, 6.07) is 7.83. The molecule has 4 heterocycles. The number of amides is 1. The fourth-order valence-corrected chi connectivity index (χ4v) is 4.31. The van der Waals surface area contributed by atoms with Crippen LogP contribution in [0.15, 0.2) is 36.9 Å². The number of nitrogens with zero attached hydrogens (tertiary/aromatic N) is 9. The van der Waals surface area contributed by atoms with Crippen LogP contribution in [0.5, 0.6) is 5.75 Å². The Hall–Kier alpha value is -3.95. The number of carbonyl (C=O) groups excluding carboxylic acids is 1. The lowest BCUT2D eigenvalue weighted by Crippen LogP contribution is -2.59. The topological polar surface area (TPSA) is 135 Å². The summed E-state index contributed by atoms with van der Waals surface area (Å²) in [5.74, 6) is 0.942. The summed E-state index contributed by atoms with van der Waals surface area (Å²) in [5.41, 5.74) is 2.22. The molecule has 2 atom stereocenters. The van der Waals surface area contributed by atoms with Crippen LogP contribution in [0.4, 0.5) is 0 Å². The van der Waals surface area contributed by atoms with Gasteiger partial charge in [-0.05, 0) is 33.7 Å². The lowest BCUT2D eigenvalue weighted by Gasteiger charge is -2.46. The van der Waals surface area contributed by atoms with E-state index in [-0.39, 0.29) is 24.5 Å². The first kappa shape index (κ1) is 21.9. The third-order valence-corrected chi connectivity index (χ3v) is 6.17. The minimum absolute atomic E-state index is 0.0392. The van der Waals surface area contributed by atoms with Crippen LogP contribution in [0, 0.1) is 11.3 Å². The van der Waals surface area contributed by atoms with Gasteiger partial charge < -0.3 is 14.4 Å². The minimum Gasteiger partial charge on any atom is -0.495 e. The van der Waals surface area contributed by atoms with Crippen molar-refractivity contribution in [1.29, 1.82) is 5.26 Å². The van der Waals surface area contributed by atoms with Gasteiger partial charge in [0.25, 0.3) is 5.95 Å². The molecule has 2 aromatic heterocycles. The van der Waals surface area contributed by atoms with Crippen LogP contribution < -0.4 is 4.74 Å². The maximum atomic E-state index is 12.9. The van der Waals surface area contributed by atoms with E-state index in [1.165, 1.54) is 11.0 Å². The Balaban J connectivity index is 1.17. The molecule has 2 saturated heterocycles. The number of tetrazole rings is 1. The Bertz CT molecular complexity index is 1190. The van der Waals surface area contributed by atoms with Crippen LogP contribution in [0.25, 0.3) is 5.95 Å². The van der Waals surface area contributed by atoms with Gasteiger partial charge >= 0.3 is 0 Å². The highest BCUT2D eigenvalue weighted by atomic mass is 16.5. The molecule has 2 aliphatic heterocycles. The second kappa shape index (κ2) is 9.50. The smallest absolute Gasteiger partial charge is 0.253 e. The second-order valence-electron chi connectivity index (χ2n) is 8.20. The van der Waals surface area contributed by atoms with E-state index in [9.17, 15) is 10.1 Å². The summed E-state index contributed by atoms with van der Waals surface area (Å²) < 4.78 is 12.8.